The van der Waals surface area contributed by atoms with E-state index in [1.54, 1.807) is 0 Å². The molecule has 0 fully saturated rings. The van der Waals surface area contributed by atoms with Crippen LogP contribution in [0.3, 0.4) is 0 Å². The van der Waals surface area contributed by atoms with Gasteiger partial charge >= 0.3 is 0 Å². The number of nitrogens with one attached hydrogen (secondary N) is 1. The number of carbonyl (C=O) groups excluding carboxylic acids is 1. The number of thiophene rings is 1. The maximum absolute atomic E-state index is 12.4. The second-order valence-electron chi connectivity index (χ2n) is 6.16. The van der Waals surface area contributed by atoms with Crippen LogP contribution in [0.25, 0.3) is 11.0 Å². The number of fused-ring (bicyclic) bond motifs is 1. The number of aromatic nitrogens is 2. The Hall–Kier alpha value is -2.92. The van der Waals surface area contributed by atoms with Crippen LogP contribution in [-0.2, 0) is 19.9 Å². The molecule has 0 aliphatic heterocycles. The normalized spacial score (nSPS) is 11.0. The third-order valence-corrected chi connectivity index (χ3v) is 5.38. The summed E-state index contributed by atoms with van der Waals surface area (Å²) in [6, 6.07) is 19.8. The molecule has 0 saturated heterocycles. The van der Waals surface area contributed by atoms with Crippen LogP contribution in [0.4, 0.5) is 5.69 Å². The Kier molecular flexibility index (Phi) is 4.54. The van der Waals surface area contributed by atoms with Crippen molar-refractivity contribution in [2.45, 2.75) is 12.8 Å². The van der Waals surface area contributed by atoms with E-state index < -0.39 is 0 Å². The lowest BCUT2D eigenvalue weighted by molar-refractivity contribution is 0.103. The number of benzene rings is 2. The number of imidazole rings is 1. The van der Waals surface area contributed by atoms with Gasteiger partial charge in [0.05, 0.1) is 15.9 Å². The Morgan fingerprint density at radius 3 is 2.65 bits per heavy atom. The Labute approximate surface area is 156 Å². The van der Waals surface area contributed by atoms with Gasteiger partial charge in [0.25, 0.3) is 5.91 Å². The van der Waals surface area contributed by atoms with Crippen LogP contribution in [0.2, 0.25) is 0 Å². The van der Waals surface area contributed by atoms with E-state index >= 15 is 0 Å². The summed E-state index contributed by atoms with van der Waals surface area (Å²) in [5.41, 5.74) is 4.14. The molecule has 1 amide bonds. The molecule has 1 N–H and O–H groups in total. The molecule has 2 heterocycles. The van der Waals surface area contributed by atoms with Gasteiger partial charge in [0.15, 0.2) is 0 Å². The number of rotatable bonds is 5. The number of carbonyl (C=O) groups is 1. The van der Waals surface area contributed by atoms with Crippen LogP contribution in [0.15, 0.2) is 66.0 Å². The van der Waals surface area contributed by atoms with E-state index in [0.717, 1.165) is 45.8 Å². The monoisotopic (exact) mass is 361 g/mol. The maximum Gasteiger partial charge on any atom is 0.265 e. The summed E-state index contributed by atoms with van der Waals surface area (Å²) in [4.78, 5) is 17.8. The smallest absolute Gasteiger partial charge is 0.265 e. The average Bonchev–Trinajstić information content (AvgIpc) is 3.30. The first-order chi connectivity index (χ1) is 12.7. The standard InChI is InChI=1S/C21H19N3OS/c1-24-18-10-5-4-9-17(18)22-20(24)13-12-15-7-2-3-8-16(15)23-21(25)19-11-6-14-26-19/h2-11,14H,12-13H2,1H3,(H,23,25). The molecule has 2 aromatic heterocycles. The highest BCUT2D eigenvalue weighted by Gasteiger charge is 2.12. The number of para-hydroxylation sites is 3. The van der Waals surface area contributed by atoms with Crippen molar-refractivity contribution in [3.05, 3.63) is 82.3 Å². The lowest BCUT2D eigenvalue weighted by atomic mass is 10.1. The lowest BCUT2D eigenvalue weighted by Crippen LogP contribution is -2.12. The van der Waals surface area contributed by atoms with E-state index in [2.05, 4.69) is 29.1 Å². The molecule has 4 aromatic rings. The van der Waals surface area contributed by atoms with E-state index in [-0.39, 0.29) is 5.91 Å². The summed E-state index contributed by atoms with van der Waals surface area (Å²) in [7, 11) is 2.05. The summed E-state index contributed by atoms with van der Waals surface area (Å²) in [6.45, 7) is 0. The minimum atomic E-state index is -0.0600. The van der Waals surface area contributed by atoms with Gasteiger partial charge in [-0.15, -0.1) is 11.3 Å². The topological polar surface area (TPSA) is 46.9 Å². The zero-order chi connectivity index (χ0) is 17.9. The molecule has 5 heteroatoms. The predicted octanol–water partition coefficient (Wildman–Crippen LogP) is 4.67. The molecule has 130 valence electrons. The molecule has 4 nitrogen and oxygen atoms in total. The maximum atomic E-state index is 12.4. The largest absolute Gasteiger partial charge is 0.331 e. The van der Waals surface area contributed by atoms with Crippen molar-refractivity contribution in [2.24, 2.45) is 7.05 Å². The van der Waals surface area contributed by atoms with Gasteiger partial charge in [-0.2, -0.15) is 0 Å². The minimum absolute atomic E-state index is 0.0600. The highest BCUT2D eigenvalue weighted by Crippen LogP contribution is 2.21. The first-order valence-corrected chi connectivity index (χ1v) is 9.43. The second-order valence-corrected chi connectivity index (χ2v) is 7.11. The van der Waals surface area contributed by atoms with Gasteiger partial charge in [-0.05, 0) is 41.6 Å². The summed E-state index contributed by atoms with van der Waals surface area (Å²) in [5, 5.41) is 4.94. The number of nitrogens with zero attached hydrogens (tertiary/aromatic N) is 2. The zero-order valence-electron chi connectivity index (χ0n) is 14.5. The summed E-state index contributed by atoms with van der Waals surface area (Å²) in [6.07, 6.45) is 1.63. The molecular weight excluding hydrogens is 342 g/mol. The molecule has 0 unspecified atom stereocenters. The minimum Gasteiger partial charge on any atom is -0.331 e. The second kappa shape index (κ2) is 7.14. The lowest BCUT2D eigenvalue weighted by Gasteiger charge is -2.10. The third kappa shape index (κ3) is 3.26. The molecule has 26 heavy (non-hydrogen) atoms. The van der Waals surface area contributed by atoms with E-state index in [4.69, 9.17) is 4.98 Å². The molecule has 0 aliphatic carbocycles. The fourth-order valence-corrected chi connectivity index (χ4v) is 3.74. The van der Waals surface area contributed by atoms with Crippen LogP contribution < -0.4 is 5.32 Å². The van der Waals surface area contributed by atoms with Crippen molar-refractivity contribution in [1.29, 1.82) is 0 Å². The fourth-order valence-electron chi connectivity index (χ4n) is 3.12. The van der Waals surface area contributed by atoms with E-state index in [0.29, 0.717) is 0 Å². The Morgan fingerprint density at radius 2 is 1.85 bits per heavy atom. The third-order valence-electron chi connectivity index (χ3n) is 4.51. The van der Waals surface area contributed by atoms with Gasteiger partial charge in [-0.25, -0.2) is 4.98 Å². The molecule has 0 radical (unpaired) electrons. The highest BCUT2D eigenvalue weighted by atomic mass is 32.1. The average molecular weight is 361 g/mol. The number of hydrogen-bond donors (Lipinski definition) is 1. The van der Waals surface area contributed by atoms with Crippen molar-refractivity contribution in [2.75, 3.05) is 5.32 Å². The molecule has 0 aliphatic rings. The SMILES string of the molecule is Cn1c(CCc2ccccc2NC(=O)c2cccs2)nc2ccccc21. The van der Waals surface area contributed by atoms with Gasteiger partial charge in [0.1, 0.15) is 5.82 Å². The van der Waals surface area contributed by atoms with E-state index in [1.807, 2.05) is 53.9 Å². The van der Waals surface area contributed by atoms with Crippen LogP contribution in [0, 0.1) is 0 Å². The number of aryl methyl sites for hydroxylation is 3. The van der Waals surface area contributed by atoms with Gasteiger partial charge < -0.3 is 9.88 Å². The van der Waals surface area contributed by atoms with E-state index in [1.165, 1.54) is 11.3 Å². The Bertz CT molecular complexity index is 1050. The molecule has 0 spiro atoms. The summed E-state index contributed by atoms with van der Waals surface area (Å²) in [5.74, 6) is 0.987. The molecule has 0 bridgehead atoms. The number of amides is 1. The zero-order valence-corrected chi connectivity index (χ0v) is 15.3. The fraction of sp³-hybridized carbons (Fsp3) is 0.143. The first-order valence-electron chi connectivity index (χ1n) is 8.55. The highest BCUT2D eigenvalue weighted by molar-refractivity contribution is 7.12. The van der Waals surface area contributed by atoms with Crippen molar-refractivity contribution < 1.29 is 4.79 Å². The van der Waals surface area contributed by atoms with Crippen LogP contribution in [0.5, 0.6) is 0 Å². The number of anilines is 1. The Balaban J connectivity index is 1.53. The van der Waals surface area contributed by atoms with Gasteiger partial charge in [-0.3, -0.25) is 4.79 Å². The van der Waals surface area contributed by atoms with Gasteiger partial charge in [0, 0.05) is 19.2 Å². The van der Waals surface area contributed by atoms with Gasteiger partial charge in [-0.1, -0.05) is 36.4 Å². The first kappa shape index (κ1) is 16.5. The molecule has 0 saturated carbocycles. The van der Waals surface area contributed by atoms with Crippen LogP contribution in [0.1, 0.15) is 21.1 Å². The predicted molar refractivity (Wildman–Crippen MR) is 107 cm³/mol. The Morgan fingerprint density at radius 1 is 1.04 bits per heavy atom. The van der Waals surface area contributed by atoms with Crippen molar-refractivity contribution in [1.82, 2.24) is 9.55 Å². The quantitative estimate of drug-likeness (QED) is 0.561. The molecule has 4 rings (SSSR count). The molecular formula is C21H19N3OS. The van der Waals surface area contributed by atoms with Crippen molar-refractivity contribution in [3.8, 4) is 0 Å². The van der Waals surface area contributed by atoms with Crippen LogP contribution in [-0.4, -0.2) is 15.5 Å². The summed E-state index contributed by atoms with van der Waals surface area (Å²) < 4.78 is 2.14. The van der Waals surface area contributed by atoms with Gasteiger partial charge in [0.2, 0.25) is 0 Å². The van der Waals surface area contributed by atoms with Crippen LogP contribution >= 0.6 is 11.3 Å². The molecule has 0 atom stereocenters. The summed E-state index contributed by atoms with van der Waals surface area (Å²) >= 11 is 1.45. The molecule has 2 aromatic carbocycles. The van der Waals surface area contributed by atoms with Crippen molar-refractivity contribution >= 4 is 34.0 Å². The van der Waals surface area contributed by atoms with Crippen molar-refractivity contribution in [3.63, 3.8) is 0 Å². The number of hydrogen-bond acceptors (Lipinski definition) is 3. The van der Waals surface area contributed by atoms with E-state index in [9.17, 15) is 4.79 Å².